The van der Waals surface area contributed by atoms with Crippen LogP contribution >= 0.6 is 0 Å². The van der Waals surface area contributed by atoms with Crippen molar-refractivity contribution in [3.8, 4) is 5.95 Å². The van der Waals surface area contributed by atoms with Crippen LogP contribution in [0.1, 0.15) is 19.8 Å². The molecule has 9 heteroatoms. The Bertz CT molecular complexity index is 544. The molecule has 2 heterocycles. The zero-order chi connectivity index (χ0) is 15.1. The molecule has 2 aromatic heterocycles. The lowest BCUT2D eigenvalue weighted by atomic mass is 10.0. The van der Waals surface area contributed by atoms with Crippen molar-refractivity contribution in [3.63, 3.8) is 0 Å². The predicted octanol–water partition coefficient (Wildman–Crippen LogP) is 0.314. The molecule has 0 aliphatic heterocycles. The van der Waals surface area contributed by atoms with Crippen molar-refractivity contribution >= 4 is 11.9 Å². The average Bonchev–Trinajstić information content (AvgIpc) is 3.05. The molecule has 0 radical (unpaired) electrons. The molecule has 0 bridgehead atoms. The number of aliphatic hydroxyl groups is 1. The molecule has 0 spiro atoms. The number of anilines is 2. The molecule has 21 heavy (non-hydrogen) atoms. The van der Waals surface area contributed by atoms with Gasteiger partial charge in [0.25, 0.3) is 5.95 Å². The molecule has 0 aliphatic carbocycles. The second-order valence-corrected chi connectivity index (χ2v) is 4.54. The van der Waals surface area contributed by atoms with Crippen LogP contribution < -0.4 is 10.6 Å². The Morgan fingerprint density at radius 1 is 1.29 bits per heavy atom. The monoisotopic (exact) mass is 292 g/mol. The summed E-state index contributed by atoms with van der Waals surface area (Å²) < 4.78 is 1.47. The van der Waals surface area contributed by atoms with Gasteiger partial charge in [0.1, 0.15) is 12.7 Å². The van der Waals surface area contributed by atoms with Crippen LogP contribution in [0.2, 0.25) is 0 Å². The molecule has 9 nitrogen and oxygen atoms in total. The van der Waals surface area contributed by atoms with Gasteiger partial charge in [-0.25, -0.2) is 4.98 Å². The quantitative estimate of drug-likeness (QED) is 0.637. The molecule has 0 aromatic carbocycles. The van der Waals surface area contributed by atoms with Gasteiger partial charge in [-0.1, -0.05) is 13.3 Å². The molecule has 0 fully saturated rings. The maximum atomic E-state index is 9.02. The third-order valence-corrected chi connectivity index (χ3v) is 3.13. The lowest BCUT2D eigenvalue weighted by Gasteiger charge is -2.14. The highest BCUT2D eigenvalue weighted by Crippen LogP contribution is 2.11. The number of hydrogen-bond acceptors (Lipinski definition) is 8. The first kappa shape index (κ1) is 15.1. The summed E-state index contributed by atoms with van der Waals surface area (Å²) in [7, 11) is 1.74. The van der Waals surface area contributed by atoms with Gasteiger partial charge in [-0.2, -0.15) is 24.7 Å². The summed E-state index contributed by atoms with van der Waals surface area (Å²) in [5, 5.41) is 19.1. The minimum Gasteiger partial charge on any atom is -0.396 e. The van der Waals surface area contributed by atoms with E-state index in [-0.39, 0.29) is 6.61 Å². The Balaban J connectivity index is 2.13. The minimum absolute atomic E-state index is 0.184. The summed E-state index contributed by atoms with van der Waals surface area (Å²) in [6, 6.07) is 0. The Kier molecular flexibility index (Phi) is 5.38. The van der Waals surface area contributed by atoms with E-state index in [4.69, 9.17) is 5.11 Å². The highest BCUT2D eigenvalue weighted by molar-refractivity contribution is 5.37. The van der Waals surface area contributed by atoms with Crippen LogP contribution in [0.3, 0.4) is 0 Å². The first-order chi connectivity index (χ1) is 10.3. The zero-order valence-electron chi connectivity index (χ0n) is 12.2. The smallest absolute Gasteiger partial charge is 0.258 e. The lowest BCUT2D eigenvalue weighted by molar-refractivity contribution is 0.258. The molecular weight excluding hydrogens is 272 g/mol. The summed E-state index contributed by atoms with van der Waals surface area (Å²) in [5.74, 6) is 1.69. The Hall–Kier alpha value is -2.29. The predicted molar refractivity (Wildman–Crippen MR) is 78.3 cm³/mol. The molecule has 0 saturated heterocycles. The largest absolute Gasteiger partial charge is 0.396 e. The van der Waals surface area contributed by atoms with Gasteiger partial charge in [0, 0.05) is 20.2 Å². The van der Waals surface area contributed by atoms with Gasteiger partial charge in [-0.05, 0) is 12.3 Å². The number of hydrogen-bond donors (Lipinski definition) is 3. The van der Waals surface area contributed by atoms with Gasteiger partial charge in [0.2, 0.25) is 11.9 Å². The molecule has 1 atom stereocenters. The highest BCUT2D eigenvalue weighted by atomic mass is 16.3. The van der Waals surface area contributed by atoms with E-state index in [1.165, 1.54) is 17.3 Å². The lowest BCUT2D eigenvalue weighted by Crippen LogP contribution is -2.18. The highest BCUT2D eigenvalue weighted by Gasteiger charge is 2.10. The van der Waals surface area contributed by atoms with Crippen LogP contribution in [0.25, 0.3) is 5.95 Å². The second-order valence-electron chi connectivity index (χ2n) is 4.54. The second kappa shape index (κ2) is 7.48. The van der Waals surface area contributed by atoms with Crippen molar-refractivity contribution in [1.82, 2.24) is 29.7 Å². The van der Waals surface area contributed by atoms with E-state index in [1.807, 2.05) is 0 Å². The van der Waals surface area contributed by atoms with Crippen LogP contribution in [0.5, 0.6) is 0 Å². The van der Waals surface area contributed by atoms with Crippen molar-refractivity contribution in [1.29, 1.82) is 0 Å². The average molecular weight is 292 g/mol. The number of aliphatic hydroxyl groups excluding tert-OH is 1. The Morgan fingerprint density at radius 2 is 2.10 bits per heavy atom. The molecular formula is C12H20N8O. The fourth-order valence-corrected chi connectivity index (χ4v) is 1.84. The van der Waals surface area contributed by atoms with Crippen LogP contribution in [-0.4, -0.2) is 55.0 Å². The molecule has 3 N–H and O–H groups in total. The third kappa shape index (κ3) is 4.09. The van der Waals surface area contributed by atoms with Crippen molar-refractivity contribution in [3.05, 3.63) is 12.7 Å². The third-order valence-electron chi connectivity index (χ3n) is 3.13. The van der Waals surface area contributed by atoms with Crippen molar-refractivity contribution in [2.75, 3.05) is 30.8 Å². The number of nitrogens with zero attached hydrogens (tertiary/aromatic N) is 6. The summed E-state index contributed by atoms with van der Waals surface area (Å²) in [6.07, 6.45) is 4.68. The van der Waals surface area contributed by atoms with E-state index < -0.39 is 0 Å². The molecule has 0 amide bonds. The summed E-state index contributed by atoms with van der Waals surface area (Å²) in [4.78, 5) is 16.7. The standard InChI is InChI=1S/C12H20N8O/c1-3-9(4-5-21)6-15-11-17-10(13-2)18-12(19-11)20-8-14-7-16-20/h7-9,21H,3-6H2,1-2H3,(H2,13,15,17,18,19). The molecule has 0 saturated carbocycles. The summed E-state index contributed by atoms with van der Waals surface area (Å²) >= 11 is 0. The molecule has 0 aliphatic rings. The first-order valence-electron chi connectivity index (χ1n) is 6.90. The molecule has 1 unspecified atom stereocenters. The van der Waals surface area contributed by atoms with Crippen LogP contribution in [0.4, 0.5) is 11.9 Å². The van der Waals surface area contributed by atoms with Crippen LogP contribution in [0, 0.1) is 5.92 Å². The van der Waals surface area contributed by atoms with Gasteiger partial charge >= 0.3 is 0 Å². The summed E-state index contributed by atoms with van der Waals surface area (Å²) in [5.41, 5.74) is 0. The van der Waals surface area contributed by atoms with Crippen molar-refractivity contribution < 1.29 is 5.11 Å². The molecule has 2 rings (SSSR count). The van der Waals surface area contributed by atoms with Crippen LogP contribution in [-0.2, 0) is 0 Å². The Labute approximate surface area is 122 Å². The fourth-order valence-electron chi connectivity index (χ4n) is 1.84. The normalized spacial score (nSPS) is 12.1. The topological polar surface area (TPSA) is 114 Å². The van der Waals surface area contributed by atoms with Gasteiger partial charge in [0.15, 0.2) is 0 Å². The van der Waals surface area contributed by atoms with Crippen molar-refractivity contribution in [2.45, 2.75) is 19.8 Å². The number of rotatable bonds is 8. The van der Waals surface area contributed by atoms with E-state index >= 15 is 0 Å². The van der Waals surface area contributed by atoms with Gasteiger partial charge in [-0.3, -0.25) is 0 Å². The minimum atomic E-state index is 0.184. The maximum absolute atomic E-state index is 9.02. The molecule has 114 valence electrons. The maximum Gasteiger partial charge on any atom is 0.258 e. The van der Waals surface area contributed by atoms with E-state index in [2.05, 4.69) is 42.6 Å². The van der Waals surface area contributed by atoms with E-state index in [1.54, 1.807) is 7.05 Å². The van der Waals surface area contributed by atoms with Gasteiger partial charge in [0.05, 0.1) is 0 Å². The van der Waals surface area contributed by atoms with E-state index in [9.17, 15) is 0 Å². The van der Waals surface area contributed by atoms with E-state index in [0.29, 0.717) is 30.3 Å². The van der Waals surface area contributed by atoms with Crippen LogP contribution in [0.15, 0.2) is 12.7 Å². The van der Waals surface area contributed by atoms with Gasteiger partial charge in [-0.15, -0.1) is 0 Å². The fraction of sp³-hybridized carbons (Fsp3) is 0.583. The first-order valence-corrected chi connectivity index (χ1v) is 6.90. The number of aromatic nitrogens is 6. The SMILES string of the molecule is CCC(CCO)CNc1nc(NC)nc(-n2cncn2)n1. The molecule has 2 aromatic rings. The number of nitrogens with one attached hydrogen (secondary N) is 2. The van der Waals surface area contributed by atoms with Crippen molar-refractivity contribution in [2.24, 2.45) is 5.92 Å². The zero-order valence-corrected chi connectivity index (χ0v) is 12.2. The van der Waals surface area contributed by atoms with E-state index in [0.717, 1.165) is 12.8 Å². The Morgan fingerprint density at radius 3 is 2.71 bits per heavy atom. The van der Waals surface area contributed by atoms with Gasteiger partial charge < -0.3 is 15.7 Å². The summed E-state index contributed by atoms with van der Waals surface area (Å²) in [6.45, 7) is 2.97.